The molecule has 0 saturated heterocycles. The van der Waals surface area contributed by atoms with Crippen LogP contribution in [0.2, 0.25) is 0 Å². The molecule has 0 radical (unpaired) electrons. The first kappa shape index (κ1) is 24.2. The Morgan fingerprint density at radius 3 is 2.33 bits per heavy atom. The first-order chi connectivity index (χ1) is 15.7. The second-order valence-corrected chi connectivity index (χ2v) is 9.05. The number of ether oxygens (including phenoxy) is 1. The van der Waals surface area contributed by atoms with Gasteiger partial charge in [-0.05, 0) is 19.1 Å². The smallest absolute Gasteiger partial charge is 0.245 e. The molecule has 0 saturated carbocycles. The van der Waals surface area contributed by atoms with Crippen LogP contribution in [0.3, 0.4) is 0 Å². The largest absolute Gasteiger partial charge is 0.383 e. The summed E-state index contributed by atoms with van der Waals surface area (Å²) in [6, 6.07) is 19.6. The van der Waals surface area contributed by atoms with Crippen molar-refractivity contribution in [1.29, 1.82) is 0 Å². The predicted octanol–water partition coefficient (Wildman–Crippen LogP) is 4.31. The lowest BCUT2D eigenvalue weighted by atomic mass is 9.94. The molecule has 2 aromatic carbocycles. The SMILES string of the molecule is COCCN(CC(=O)Nc1cc(-c2ccccc2)nn1-c1ccc(C)cc1)C(=O)C(C)(C)C. The third-order valence-electron chi connectivity index (χ3n) is 5.15. The Bertz CT molecular complexity index is 1080. The highest BCUT2D eigenvalue weighted by Crippen LogP contribution is 2.25. The fourth-order valence-corrected chi connectivity index (χ4v) is 3.39. The molecule has 174 valence electrons. The van der Waals surface area contributed by atoms with Crippen molar-refractivity contribution < 1.29 is 14.3 Å². The highest BCUT2D eigenvalue weighted by atomic mass is 16.5. The fourth-order valence-electron chi connectivity index (χ4n) is 3.39. The van der Waals surface area contributed by atoms with Crippen LogP contribution in [0.4, 0.5) is 5.82 Å². The lowest BCUT2D eigenvalue weighted by Gasteiger charge is -2.28. The van der Waals surface area contributed by atoms with Crippen LogP contribution in [-0.4, -0.2) is 53.3 Å². The lowest BCUT2D eigenvalue weighted by Crippen LogP contribution is -2.45. The summed E-state index contributed by atoms with van der Waals surface area (Å²) in [7, 11) is 1.57. The van der Waals surface area contributed by atoms with Crippen LogP contribution in [0.25, 0.3) is 16.9 Å². The Kier molecular flexibility index (Phi) is 7.66. The van der Waals surface area contributed by atoms with Crippen molar-refractivity contribution in [3.05, 3.63) is 66.2 Å². The molecule has 0 aliphatic carbocycles. The van der Waals surface area contributed by atoms with Crippen molar-refractivity contribution in [3.8, 4) is 16.9 Å². The fraction of sp³-hybridized carbons (Fsp3) is 0.346. The molecule has 0 aliphatic heterocycles. The van der Waals surface area contributed by atoms with Gasteiger partial charge in [0.15, 0.2) is 0 Å². The lowest BCUT2D eigenvalue weighted by molar-refractivity contribution is -0.142. The molecule has 0 spiro atoms. The highest BCUT2D eigenvalue weighted by molar-refractivity contribution is 5.95. The standard InChI is InChI=1S/C26H32N4O3/c1-19-11-13-21(14-12-19)30-23(17-22(28-30)20-9-7-6-8-10-20)27-24(31)18-29(15-16-33-5)25(32)26(2,3)4/h6-14,17H,15-16,18H2,1-5H3,(H,27,31). The number of carbonyl (C=O) groups is 2. The molecule has 1 N–H and O–H groups in total. The average Bonchev–Trinajstić information content (AvgIpc) is 3.20. The first-order valence-corrected chi connectivity index (χ1v) is 11.0. The molecule has 1 aromatic heterocycles. The molecule has 0 aliphatic rings. The Morgan fingerprint density at radius 2 is 1.73 bits per heavy atom. The van der Waals surface area contributed by atoms with Gasteiger partial charge in [0.2, 0.25) is 11.8 Å². The minimum absolute atomic E-state index is 0.0702. The number of hydrogen-bond acceptors (Lipinski definition) is 4. The molecule has 7 nitrogen and oxygen atoms in total. The third-order valence-corrected chi connectivity index (χ3v) is 5.15. The molecule has 0 atom stereocenters. The van der Waals surface area contributed by atoms with Gasteiger partial charge in [0, 0.05) is 30.7 Å². The number of aromatic nitrogens is 2. The number of anilines is 1. The average molecular weight is 449 g/mol. The Balaban J connectivity index is 1.89. The van der Waals surface area contributed by atoms with E-state index in [1.54, 1.807) is 11.8 Å². The van der Waals surface area contributed by atoms with E-state index in [1.165, 1.54) is 4.90 Å². The Morgan fingerprint density at radius 1 is 1.06 bits per heavy atom. The number of nitrogens with zero attached hydrogens (tertiary/aromatic N) is 3. The molecule has 1 heterocycles. The minimum Gasteiger partial charge on any atom is -0.383 e. The summed E-state index contributed by atoms with van der Waals surface area (Å²) in [6.07, 6.45) is 0. The van der Waals surface area contributed by atoms with E-state index in [-0.39, 0.29) is 18.4 Å². The topological polar surface area (TPSA) is 76.5 Å². The summed E-state index contributed by atoms with van der Waals surface area (Å²) in [5.41, 5.74) is 3.06. The van der Waals surface area contributed by atoms with E-state index < -0.39 is 5.41 Å². The highest BCUT2D eigenvalue weighted by Gasteiger charge is 2.28. The molecule has 2 amide bonds. The van der Waals surface area contributed by atoms with Gasteiger partial charge in [-0.25, -0.2) is 4.68 Å². The molecule has 3 rings (SSSR count). The van der Waals surface area contributed by atoms with E-state index in [1.807, 2.05) is 88.4 Å². The minimum atomic E-state index is -0.599. The summed E-state index contributed by atoms with van der Waals surface area (Å²) in [5.74, 6) is 0.140. The van der Waals surface area contributed by atoms with E-state index >= 15 is 0 Å². The summed E-state index contributed by atoms with van der Waals surface area (Å²) >= 11 is 0. The number of hydrogen-bond donors (Lipinski definition) is 1. The monoisotopic (exact) mass is 448 g/mol. The zero-order chi connectivity index (χ0) is 24.0. The summed E-state index contributed by atoms with van der Waals surface area (Å²) in [5, 5.41) is 7.69. The van der Waals surface area contributed by atoms with Crippen LogP contribution in [0.15, 0.2) is 60.7 Å². The van der Waals surface area contributed by atoms with E-state index in [4.69, 9.17) is 9.84 Å². The zero-order valence-corrected chi connectivity index (χ0v) is 20.0. The van der Waals surface area contributed by atoms with Gasteiger partial charge in [-0.3, -0.25) is 9.59 Å². The van der Waals surface area contributed by atoms with Crippen LogP contribution < -0.4 is 5.32 Å². The summed E-state index contributed by atoms with van der Waals surface area (Å²) in [6.45, 7) is 8.16. The second-order valence-electron chi connectivity index (χ2n) is 9.05. The van der Waals surface area contributed by atoms with Crippen LogP contribution in [0, 0.1) is 12.3 Å². The summed E-state index contributed by atoms with van der Waals surface area (Å²) in [4.78, 5) is 27.4. The van der Waals surface area contributed by atoms with Gasteiger partial charge in [0.25, 0.3) is 0 Å². The van der Waals surface area contributed by atoms with Gasteiger partial charge in [-0.1, -0.05) is 68.8 Å². The van der Waals surface area contributed by atoms with Crippen LogP contribution in [0.1, 0.15) is 26.3 Å². The zero-order valence-electron chi connectivity index (χ0n) is 20.0. The molecular weight excluding hydrogens is 416 g/mol. The van der Waals surface area contributed by atoms with E-state index in [0.717, 1.165) is 22.5 Å². The number of methoxy groups -OCH3 is 1. The van der Waals surface area contributed by atoms with Crippen molar-refractivity contribution >= 4 is 17.6 Å². The molecule has 3 aromatic rings. The Labute approximate surface area is 195 Å². The van der Waals surface area contributed by atoms with Crippen molar-refractivity contribution in [2.75, 3.05) is 32.1 Å². The molecule has 0 fully saturated rings. The molecule has 33 heavy (non-hydrogen) atoms. The van der Waals surface area contributed by atoms with E-state index in [0.29, 0.717) is 19.0 Å². The number of nitrogens with one attached hydrogen (secondary N) is 1. The van der Waals surface area contributed by atoms with Crippen LogP contribution >= 0.6 is 0 Å². The maximum Gasteiger partial charge on any atom is 0.245 e. The number of carbonyl (C=O) groups excluding carboxylic acids is 2. The molecular formula is C26H32N4O3. The number of rotatable bonds is 8. The predicted molar refractivity (Wildman–Crippen MR) is 130 cm³/mol. The van der Waals surface area contributed by atoms with Crippen molar-refractivity contribution in [3.63, 3.8) is 0 Å². The maximum atomic E-state index is 13.0. The van der Waals surface area contributed by atoms with Crippen LogP contribution in [-0.2, 0) is 14.3 Å². The van der Waals surface area contributed by atoms with Gasteiger partial charge in [-0.2, -0.15) is 5.10 Å². The summed E-state index contributed by atoms with van der Waals surface area (Å²) < 4.78 is 6.85. The van der Waals surface area contributed by atoms with Gasteiger partial charge in [0.1, 0.15) is 12.4 Å². The third kappa shape index (κ3) is 6.29. The van der Waals surface area contributed by atoms with E-state index in [2.05, 4.69) is 5.32 Å². The van der Waals surface area contributed by atoms with Crippen LogP contribution in [0.5, 0.6) is 0 Å². The molecule has 0 bridgehead atoms. The van der Waals surface area contributed by atoms with Gasteiger partial charge in [-0.15, -0.1) is 0 Å². The number of amides is 2. The number of aryl methyl sites for hydroxylation is 1. The van der Waals surface area contributed by atoms with Crippen molar-refractivity contribution in [2.24, 2.45) is 5.41 Å². The van der Waals surface area contributed by atoms with Crippen molar-refractivity contribution in [1.82, 2.24) is 14.7 Å². The van der Waals surface area contributed by atoms with Gasteiger partial charge in [0.05, 0.1) is 18.0 Å². The first-order valence-electron chi connectivity index (χ1n) is 11.0. The van der Waals surface area contributed by atoms with Crippen molar-refractivity contribution in [2.45, 2.75) is 27.7 Å². The maximum absolute atomic E-state index is 13.0. The number of benzene rings is 2. The van der Waals surface area contributed by atoms with Gasteiger partial charge >= 0.3 is 0 Å². The normalized spacial score (nSPS) is 11.3. The second kappa shape index (κ2) is 10.4. The quantitative estimate of drug-likeness (QED) is 0.557. The van der Waals surface area contributed by atoms with Gasteiger partial charge < -0.3 is 15.0 Å². The molecule has 0 unspecified atom stereocenters. The molecule has 7 heteroatoms. The Hall–Kier alpha value is -3.45. The van der Waals surface area contributed by atoms with E-state index in [9.17, 15) is 9.59 Å².